The second kappa shape index (κ2) is 7.08. The first-order valence-electron chi connectivity index (χ1n) is 6.26. The molecular weight excluding hydrogens is 384 g/mol. The number of alkyl halides is 6. The standard InChI is InChI=1S/C13H10ClF6NO4/c1-25-10(23)11(24,13(18,19)20)5-9(22)21-6-2-3-8(14)7(4-6)12(15,16)17/h2-4,24H,5H2,1H3,(H,21,22). The number of carbonyl (C=O) groups is 2. The van der Waals surface area contributed by atoms with Crippen LogP contribution in [0.3, 0.4) is 0 Å². The molecule has 5 nitrogen and oxygen atoms in total. The highest BCUT2D eigenvalue weighted by Crippen LogP contribution is 2.37. The van der Waals surface area contributed by atoms with Crippen molar-refractivity contribution in [2.75, 3.05) is 12.4 Å². The van der Waals surface area contributed by atoms with Crippen LogP contribution in [0.1, 0.15) is 12.0 Å². The van der Waals surface area contributed by atoms with Gasteiger partial charge in [-0.15, -0.1) is 0 Å². The number of anilines is 1. The molecule has 0 bridgehead atoms. The van der Waals surface area contributed by atoms with Crippen molar-refractivity contribution in [3.05, 3.63) is 28.8 Å². The van der Waals surface area contributed by atoms with Gasteiger partial charge in [-0.05, 0) is 18.2 Å². The van der Waals surface area contributed by atoms with Crippen LogP contribution >= 0.6 is 11.6 Å². The zero-order valence-electron chi connectivity index (χ0n) is 12.3. The van der Waals surface area contributed by atoms with Crippen molar-refractivity contribution in [1.29, 1.82) is 0 Å². The van der Waals surface area contributed by atoms with Gasteiger partial charge in [-0.25, -0.2) is 4.79 Å². The number of methoxy groups -OCH3 is 1. The van der Waals surface area contributed by atoms with Gasteiger partial charge in [0.05, 0.1) is 24.1 Å². The predicted molar refractivity (Wildman–Crippen MR) is 72.7 cm³/mol. The van der Waals surface area contributed by atoms with Crippen LogP contribution in [0.4, 0.5) is 32.0 Å². The Morgan fingerprint density at radius 2 is 1.76 bits per heavy atom. The third-order valence-corrected chi connectivity index (χ3v) is 3.29. The molecule has 1 amide bonds. The molecule has 0 fully saturated rings. The third-order valence-electron chi connectivity index (χ3n) is 2.96. The summed E-state index contributed by atoms with van der Waals surface area (Å²) in [5.41, 5.74) is -6.01. The van der Waals surface area contributed by atoms with Crippen LogP contribution in [0.15, 0.2) is 18.2 Å². The van der Waals surface area contributed by atoms with Gasteiger partial charge < -0.3 is 15.2 Å². The summed E-state index contributed by atoms with van der Waals surface area (Å²) in [6.07, 6.45) is -12.2. The quantitative estimate of drug-likeness (QED) is 0.608. The number of carbonyl (C=O) groups excluding carboxylic acids is 2. The molecule has 1 unspecified atom stereocenters. The van der Waals surface area contributed by atoms with Gasteiger partial charge in [-0.2, -0.15) is 26.3 Å². The molecule has 0 heterocycles. The molecular formula is C13H10ClF6NO4. The number of rotatable bonds is 4. The van der Waals surface area contributed by atoms with Gasteiger partial charge >= 0.3 is 18.3 Å². The van der Waals surface area contributed by atoms with Gasteiger partial charge in [0.15, 0.2) is 0 Å². The summed E-state index contributed by atoms with van der Waals surface area (Å²) in [5.74, 6) is -3.71. The van der Waals surface area contributed by atoms with Crippen LogP contribution in [0.5, 0.6) is 0 Å². The lowest BCUT2D eigenvalue weighted by Gasteiger charge is -2.26. The van der Waals surface area contributed by atoms with Crippen molar-refractivity contribution >= 4 is 29.2 Å². The minimum atomic E-state index is -5.55. The molecule has 1 aromatic rings. The number of esters is 1. The summed E-state index contributed by atoms with van der Waals surface area (Å²) in [7, 11) is 0.561. The zero-order chi connectivity index (χ0) is 19.6. The van der Waals surface area contributed by atoms with Gasteiger partial charge in [-0.3, -0.25) is 4.79 Å². The Morgan fingerprint density at radius 1 is 1.20 bits per heavy atom. The molecule has 0 saturated heterocycles. The number of amides is 1. The largest absolute Gasteiger partial charge is 0.467 e. The Balaban J connectivity index is 3.05. The molecule has 1 atom stereocenters. The smallest absolute Gasteiger partial charge is 0.428 e. The average molecular weight is 394 g/mol. The van der Waals surface area contributed by atoms with Crippen LogP contribution in [0, 0.1) is 0 Å². The Labute approximate surface area is 141 Å². The Hall–Kier alpha value is -2.01. The minimum Gasteiger partial charge on any atom is -0.467 e. The highest BCUT2D eigenvalue weighted by atomic mass is 35.5. The van der Waals surface area contributed by atoms with Crippen molar-refractivity contribution in [2.45, 2.75) is 24.4 Å². The summed E-state index contributed by atoms with van der Waals surface area (Å²) >= 11 is 5.36. The third kappa shape index (κ3) is 4.75. The van der Waals surface area contributed by atoms with Crippen molar-refractivity contribution in [2.24, 2.45) is 0 Å². The highest BCUT2D eigenvalue weighted by molar-refractivity contribution is 6.31. The van der Waals surface area contributed by atoms with Crippen LogP contribution in [-0.2, 0) is 20.5 Å². The molecule has 2 N–H and O–H groups in total. The first-order chi connectivity index (χ1) is 11.2. The van der Waals surface area contributed by atoms with Crippen LogP contribution in [0.2, 0.25) is 5.02 Å². The lowest BCUT2D eigenvalue weighted by Crippen LogP contribution is -2.54. The highest BCUT2D eigenvalue weighted by Gasteiger charge is 2.61. The first-order valence-corrected chi connectivity index (χ1v) is 6.64. The Bertz CT molecular complexity index is 675. The fourth-order valence-electron chi connectivity index (χ4n) is 1.71. The molecule has 25 heavy (non-hydrogen) atoms. The molecule has 0 saturated carbocycles. The Morgan fingerprint density at radius 3 is 2.20 bits per heavy atom. The zero-order valence-corrected chi connectivity index (χ0v) is 13.0. The number of hydrogen-bond donors (Lipinski definition) is 2. The second-order valence-electron chi connectivity index (χ2n) is 4.77. The van der Waals surface area contributed by atoms with Crippen LogP contribution in [0.25, 0.3) is 0 Å². The topological polar surface area (TPSA) is 75.6 Å². The SMILES string of the molecule is COC(=O)C(O)(CC(=O)Nc1ccc(Cl)c(C(F)(F)F)c1)C(F)(F)F. The summed E-state index contributed by atoms with van der Waals surface area (Å²) in [6.45, 7) is 0. The second-order valence-corrected chi connectivity index (χ2v) is 5.17. The lowest BCUT2D eigenvalue weighted by molar-refractivity contribution is -0.261. The van der Waals surface area contributed by atoms with E-state index in [1.807, 2.05) is 0 Å². The van der Waals surface area contributed by atoms with E-state index in [1.165, 1.54) is 0 Å². The molecule has 12 heteroatoms. The molecule has 1 rings (SSSR count). The van der Waals surface area contributed by atoms with E-state index in [0.717, 1.165) is 12.1 Å². The average Bonchev–Trinajstić information content (AvgIpc) is 2.45. The maximum Gasteiger partial charge on any atom is 0.428 e. The van der Waals surface area contributed by atoms with E-state index in [1.54, 1.807) is 5.32 Å². The maximum absolute atomic E-state index is 12.8. The fourth-order valence-corrected chi connectivity index (χ4v) is 1.94. The fraction of sp³-hybridized carbons (Fsp3) is 0.385. The van der Waals surface area contributed by atoms with E-state index in [-0.39, 0.29) is 0 Å². The number of aliphatic hydroxyl groups is 1. The van der Waals surface area contributed by atoms with E-state index in [9.17, 15) is 41.0 Å². The van der Waals surface area contributed by atoms with E-state index in [4.69, 9.17) is 11.6 Å². The number of hydrogen-bond acceptors (Lipinski definition) is 4. The molecule has 0 aromatic heterocycles. The van der Waals surface area contributed by atoms with E-state index in [2.05, 4.69) is 4.74 Å². The van der Waals surface area contributed by atoms with Gasteiger partial charge in [0.1, 0.15) is 0 Å². The van der Waals surface area contributed by atoms with Gasteiger partial charge in [0, 0.05) is 5.69 Å². The monoisotopic (exact) mass is 393 g/mol. The van der Waals surface area contributed by atoms with E-state index >= 15 is 0 Å². The molecule has 1 aromatic carbocycles. The van der Waals surface area contributed by atoms with Crippen molar-refractivity contribution in [3.63, 3.8) is 0 Å². The molecule has 0 radical (unpaired) electrons. The van der Waals surface area contributed by atoms with Crippen LogP contribution in [-0.4, -0.2) is 35.9 Å². The molecule has 0 aliphatic heterocycles. The number of benzene rings is 1. The number of ether oxygens (including phenoxy) is 1. The number of nitrogens with one attached hydrogen (secondary N) is 1. The van der Waals surface area contributed by atoms with E-state index < -0.39 is 52.5 Å². The minimum absolute atomic E-state index is 0.394. The van der Waals surface area contributed by atoms with Gasteiger partial charge in [-0.1, -0.05) is 11.6 Å². The predicted octanol–water partition coefficient (Wildman–Crippen LogP) is 3.15. The molecule has 0 aliphatic rings. The molecule has 0 spiro atoms. The normalized spacial score (nSPS) is 14.6. The summed E-state index contributed by atoms with van der Waals surface area (Å²) in [4.78, 5) is 22.8. The summed E-state index contributed by atoms with van der Waals surface area (Å²) in [6, 6.07) is 2.07. The van der Waals surface area contributed by atoms with Gasteiger partial charge in [0.2, 0.25) is 5.91 Å². The molecule has 0 aliphatic carbocycles. The Kier molecular flexibility index (Phi) is 5.96. The van der Waals surface area contributed by atoms with Crippen molar-refractivity contribution < 1.29 is 45.8 Å². The van der Waals surface area contributed by atoms with E-state index in [0.29, 0.717) is 13.2 Å². The number of halogens is 7. The summed E-state index contributed by atoms with van der Waals surface area (Å²) in [5, 5.41) is 10.5. The van der Waals surface area contributed by atoms with Gasteiger partial charge in [0.25, 0.3) is 5.60 Å². The van der Waals surface area contributed by atoms with Crippen LogP contribution < -0.4 is 5.32 Å². The molecule has 140 valence electrons. The first kappa shape index (κ1) is 21.0. The maximum atomic E-state index is 12.8. The summed E-state index contributed by atoms with van der Waals surface area (Å²) < 4.78 is 80.4. The lowest BCUT2D eigenvalue weighted by atomic mass is 9.98. The van der Waals surface area contributed by atoms with Crippen molar-refractivity contribution in [1.82, 2.24) is 0 Å². The van der Waals surface area contributed by atoms with Crippen molar-refractivity contribution in [3.8, 4) is 0 Å².